The molecule has 2 amide bonds. The lowest BCUT2D eigenvalue weighted by molar-refractivity contribution is -0.384. The van der Waals surface area contributed by atoms with E-state index < -0.39 is 38.3 Å². The Kier molecular flexibility index (Phi) is 5.63. The minimum absolute atomic E-state index is 0.0214. The fraction of sp³-hybridized carbons (Fsp3) is 0.429. The molecule has 1 aromatic carbocycles. The summed E-state index contributed by atoms with van der Waals surface area (Å²) < 4.78 is 23.1. The van der Waals surface area contributed by atoms with Crippen LogP contribution >= 0.6 is 11.6 Å². The predicted octanol–water partition coefficient (Wildman–Crippen LogP) is 1.22. The predicted molar refractivity (Wildman–Crippen MR) is 91.2 cm³/mol. The Labute approximate surface area is 149 Å². The lowest BCUT2D eigenvalue weighted by Gasteiger charge is -2.26. The molecular formula is C14H16ClN3O6S. The number of sulfone groups is 1. The monoisotopic (exact) mass is 389 g/mol. The van der Waals surface area contributed by atoms with Crippen LogP contribution in [-0.4, -0.2) is 54.1 Å². The van der Waals surface area contributed by atoms with E-state index in [4.69, 9.17) is 11.6 Å². The van der Waals surface area contributed by atoms with Gasteiger partial charge in [0.15, 0.2) is 9.84 Å². The van der Waals surface area contributed by atoms with E-state index in [1.807, 2.05) is 0 Å². The molecule has 0 bridgehead atoms. The molecule has 1 saturated heterocycles. The molecule has 1 N–H and O–H groups in total. The summed E-state index contributed by atoms with van der Waals surface area (Å²) in [5.41, 5.74) is -0.356. The highest BCUT2D eigenvalue weighted by molar-refractivity contribution is 7.91. The molecule has 1 heterocycles. The number of nitro groups is 1. The van der Waals surface area contributed by atoms with Crippen LogP contribution in [0, 0.1) is 10.1 Å². The summed E-state index contributed by atoms with van der Waals surface area (Å²) >= 11 is 5.69. The summed E-state index contributed by atoms with van der Waals surface area (Å²) in [6.45, 7) is 1.82. The largest absolute Gasteiger partial charge is 0.331 e. The molecule has 0 aromatic heterocycles. The summed E-state index contributed by atoms with van der Waals surface area (Å²) in [7, 11) is -3.20. The van der Waals surface area contributed by atoms with Crippen molar-refractivity contribution in [2.24, 2.45) is 0 Å². The molecule has 1 aromatic rings. The number of hydrogen-bond donors (Lipinski definition) is 1. The number of nitrogens with one attached hydrogen (secondary N) is 1. The molecule has 136 valence electrons. The lowest BCUT2D eigenvalue weighted by atomic mass is 10.2. The van der Waals surface area contributed by atoms with Gasteiger partial charge in [0.05, 0.1) is 16.4 Å². The number of nitro benzene ring substituents is 1. The van der Waals surface area contributed by atoms with E-state index in [0.717, 1.165) is 6.07 Å². The highest BCUT2D eigenvalue weighted by Crippen LogP contribution is 2.27. The zero-order valence-corrected chi connectivity index (χ0v) is 14.8. The Morgan fingerprint density at radius 1 is 1.44 bits per heavy atom. The first-order valence-electron chi connectivity index (χ1n) is 7.41. The maximum absolute atomic E-state index is 12.3. The Morgan fingerprint density at radius 3 is 2.64 bits per heavy atom. The zero-order valence-electron chi connectivity index (χ0n) is 13.3. The normalized spacial score (nSPS) is 18.6. The van der Waals surface area contributed by atoms with Crippen LogP contribution in [0.4, 0.5) is 11.4 Å². The van der Waals surface area contributed by atoms with Crippen molar-refractivity contribution in [1.29, 1.82) is 0 Å². The molecule has 1 fully saturated rings. The summed E-state index contributed by atoms with van der Waals surface area (Å²) in [4.78, 5) is 35.8. The average molecular weight is 390 g/mol. The summed E-state index contributed by atoms with van der Waals surface area (Å²) in [5, 5.41) is 13.0. The molecule has 0 spiro atoms. The van der Waals surface area contributed by atoms with Gasteiger partial charge in [-0.1, -0.05) is 11.6 Å². The maximum Gasteiger partial charge on any atom is 0.313 e. The molecule has 0 radical (unpaired) electrons. The lowest BCUT2D eigenvalue weighted by Crippen LogP contribution is -2.46. The minimum Gasteiger partial charge on any atom is -0.331 e. The van der Waals surface area contributed by atoms with Gasteiger partial charge in [-0.15, -0.1) is 0 Å². The third-order valence-electron chi connectivity index (χ3n) is 3.85. The highest BCUT2D eigenvalue weighted by atomic mass is 35.5. The second-order valence-corrected chi connectivity index (χ2v) is 8.16. The topological polar surface area (TPSA) is 127 Å². The second-order valence-electron chi connectivity index (χ2n) is 5.53. The van der Waals surface area contributed by atoms with Crippen LogP contribution in [0.1, 0.15) is 13.3 Å². The fourth-order valence-corrected chi connectivity index (χ4v) is 4.55. The first kappa shape index (κ1) is 19.1. The number of carbonyl (C=O) groups excluding carboxylic acids is 2. The molecule has 9 nitrogen and oxygen atoms in total. The van der Waals surface area contributed by atoms with Crippen molar-refractivity contribution in [3.63, 3.8) is 0 Å². The van der Waals surface area contributed by atoms with Crippen LogP contribution in [0.2, 0.25) is 5.02 Å². The maximum atomic E-state index is 12.3. The zero-order chi connectivity index (χ0) is 18.8. The smallest absolute Gasteiger partial charge is 0.313 e. The quantitative estimate of drug-likeness (QED) is 0.468. The van der Waals surface area contributed by atoms with E-state index in [-0.39, 0.29) is 35.2 Å². The first-order valence-corrected chi connectivity index (χ1v) is 9.61. The second kappa shape index (κ2) is 7.36. The van der Waals surface area contributed by atoms with Crippen molar-refractivity contribution in [3.05, 3.63) is 33.3 Å². The van der Waals surface area contributed by atoms with Crippen LogP contribution in [0.5, 0.6) is 0 Å². The number of nitrogens with zero attached hydrogens (tertiary/aromatic N) is 2. The fourth-order valence-electron chi connectivity index (χ4n) is 2.63. The number of rotatable bonds is 4. The molecule has 1 unspecified atom stereocenters. The van der Waals surface area contributed by atoms with Gasteiger partial charge in [0.25, 0.3) is 5.69 Å². The molecule has 0 aliphatic carbocycles. The van der Waals surface area contributed by atoms with Gasteiger partial charge in [0.1, 0.15) is 5.02 Å². The Bertz CT molecular complexity index is 826. The van der Waals surface area contributed by atoms with E-state index >= 15 is 0 Å². The van der Waals surface area contributed by atoms with Crippen molar-refractivity contribution in [3.8, 4) is 0 Å². The van der Waals surface area contributed by atoms with E-state index in [0.29, 0.717) is 0 Å². The highest BCUT2D eigenvalue weighted by Gasteiger charge is 2.36. The van der Waals surface area contributed by atoms with Crippen LogP contribution in [-0.2, 0) is 19.4 Å². The first-order chi connectivity index (χ1) is 11.6. The number of amides is 2. The molecule has 1 aliphatic heterocycles. The third kappa shape index (κ3) is 4.45. The van der Waals surface area contributed by atoms with E-state index in [2.05, 4.69) is 5.32 Å². The number of carbonyl (C=O) groups is 2. The van der Waals surface area contributed by atoms with Gasteiger partial charge in [0.2, 0.25) is 0 Å². The van der Waals surface area contributed by atoms with Crippen molar-refractivity contribution in [2.75, 3.05) is 23.4 Å². The minimum atomic E-state index is -3.20. The molecule has 25 heavy (non-hydrogen) atoms. The van der Waals surface area contributed by atoms with Gasteiger partial charge in [-0.2, -0.15) is 0 Å². The van der Waals surface area contributed by atoms with Gasteiger partial charge >= 0.3 is 11.8 Å². The van der Waals surface area contributed by atoms with Crippen LogP contribution in [0.25, 0.3) is 0 Å². The van der Waals surface area contributed by atoms with Crippen molar-refractivity contribution < 1.29 is 22.9 Å². The van der Waals surface area contributed by atoms with Gasteiger partial charge in [-0.25, -0.2) is 8.42 Å². The Balaban J connectivity index is 2.13. The van der Waals surface area contributed by atoms with Crippen LogP contribution in [0.15, 0.2) is 18.2 Å². The van der Waals surface area contributed by atoms with E-state index in [9.17, 15) is 28.1 Å². The van der Waals surface area contributed by atoms with E-state index in [1.165, 1.54) is 17.0 Å². The third-order valence-corrected chi connectivity index (χ3v) is 5.92. The molecule has 1 aliphatic rings. The summed E-state index contributed by atoms with van der Waals surface area (Å²) in [6, 6.07) is 3.06. The van der Waals surface area contributed by atoms with Gasteiger partial charge in [-0.3, -0.25) is 19.7 Å². The van der Waals surface area contributed by atoms with Gasteiger partial charge < -0.3 is 10.2 Å². The number of likely N-dealkylation sites (N-methyl/N-ethyl adjacent to an activating group) is 1. The molecule has 11 heteroatoms. The van der Waals surface area contributed by atoms with Crippen molar-refractivity contribution >= 4 is 44.6 Å². The van der Waals surface area contributed by atoms with Crippen LogP contribution < -0.4 is 5.32 Å². The van der Waals surface area contributed by atoms with Crippen molar-refractivity contribution in [2.45, 2.75) is 19.4 Å². The van der Waals surface area contributed by atoms with Crippen molar-refractivity contribution in [1.82, 2.24) is 4.90 Å². The molecular weight excluding hydrogens is 374 g/mol. The number of hydrogen-bond acceptors (Lipinski definition) is 6. The molecule has 0 saturated carbocycles. The van der Waals surface area contributed by atoms with E-state index in [1.54, 1.807) is 6.92 Å². The average Bonchev–Trinajstić information content (AvgIpc) is 2.89. The molecule has 1 atom stereocenters. The Morgan fingerprint density at radius 2 is 2.12 bits per heavy atom. The van der Waals surface area contributed by atoms with Gasteiger partial charge in [-0.05, 0) is 25.5 Å². The molecule has 2 rings (SSSR count). The van der Waals surface area contributed by atoms with Crippen LogP contribution in [0.3, 0.4) is 0 Å². The summed E-state index contributed by atoms with van der Waals surface area (Å²) in [5.74, 6) is -2.08. The number of halogens is 1. The SMILES string of the molecule is CCN(C(=O)C(=O)Nc1ccc(Cl)c([N+](=O)[O-])c1)C1CCS(=O)(=O)C1. The summed E-state index contributed by atoms with van der Waals surface area (Å²) in [6.07, 6.45) is 0.279. The number of anilines is 1. The Hall–Kier alpha value is -2.20. The van der Waals surface area contributed by atoms with Gasteiger partial charge in [0, 0.05) is 24.3 Å². The standard InChI is InChI=1S/C14H16ClN3O6S/c1-2-17(10-5-6-25(23,24)8-10)14(20)13(19)16-9-3-4-11(15)12(7-9)18(21)22/h3-4,7,10H,2,5-6,8H2,1H3,(H,16,19). The number of benzene rings is 1.